The minimum absolute atomic E-state index is 0.836. The molecule has 2 N–H and O–H groups in total. The largest absolute Gasteiger partial charge is 0.397 e. The molecule has 0 spiro atoms. The van der Waals surface area contributed by atoms with Crippen molar-refractivity contribution in [3.05, 3.63) is 51.3 Å². The molecular formula is C13H11BrN2S. The van der Waals surface area contributed by atoms with Gasteiger partial charge in [-0.15, -0.1) is 11.3 Å². The SMILES string of the molecule is Nc1cccc2ccn(Cc3ccc(Br)s3)c12. The number of nitrogens with two attached hydrogens (primary N) is 1. The summed E-state index contributed by atoms with van der Waals surface area (Å²) in [6.07, 6.45) is 2.09. The zero-order valence-electron chi connectivity index (χ0n) is 9.06. The molecular weight excluding hydrogens is 296 g/mol. The molecule has 0 unspecified atom stereocenters. The number of hydrogen-bond acceptors (Lipinski definition) is 2. The van der Waals surface area contributed by atoms with Crippen LogP contribution >= 0.6 is 27.3 Å². The number of aromatic nitrogens is 1. The lowest BCUT2D eigenvalue weighted by Crippen LogP contribution is -1.98. The van der Waals surface area contributed by atoms with Gasteiger partial charge in [-0.3, -0.25) is 0 Å². The second-order valence-corrected chi connectivity index (χ2v) is 6.48. The number of halogens is 1. The first-order valence-corrected chi connectivity index (χ1v) is 6.92. The van der Waals surface area contributed by atoms with E-state index in [1.54, 1.807) is 11.3 Å². The van der Waals surface area contributed by atoms with Gasteiger partial charge in [-0.25, -0.2) is 0 Å². The monoisotopic (exact) mass is 306 g/mol. The first kappa shape index (κ1) is 10.9. The molecule has 0 bridgehead atoms. The lowest BCUT2D eigenvalue weighted by molar-refractivity contribution is 0.852. The van der Waals surface area contributed by atoms with E-state index in [9.17, 15) is 0 Å². The molecule has 0 atom stereocenters. The molecule has 86 valence electrons. The van der Waals surface area contributed by atoms with E-state index in [4.69, 9.17) is 5.73 Å². The van der Waals surface area contributed by atoms with Crippen molar-refractivity contribution >= 4 is 43.9 Å². The average Bonchev–Trinajstić information content (AvgIpc) is 2.88. The minimum Gasteiger partial charge on any atom is -0.397 e. The third-order valence-electron chi connectivity index (χ3n) is 2.77. The highest BCUT2D eigenvalue weighted by atomic mass is 79.9. The van der Waals surface area contributed by atoms with E-state index in [1.807, 2.05) is 12.1 Å². The van der Waals surface area contributed by atoms with Gasteiger partial charge in [-0.1, -0.05) is 12.1 Å². The van der Waals surface area contributed by atoms with Crippen molar-refractivity contribution in [2.45, 2.75) is 6.54 Å². The molecule has 0 amide bonds. The Morgan fingerprint density at radius 2 is 2.06 bits per heavy atom. The minimum atomic E-state index is 0.836. The van der Waals surface area contributed by atoms with Gasteiger partial charge in [0.2, 0.25) is 0 Å². The van der Waals surface area contributed by atoms with Gasteiger partial charge in [0.1, 0.15) is 0 Å². The fourth-order valence-corrected chi connectivity index (χ4v) is 3.51. The Morgan fingerprint density at radius 3 is 2.82 bits per heavy atom. The van der Waals surface area contributed by atoms with Crippen molar-refractivity contribution in [1.29, 1.82) is 0 Å². The topological polar surface area (TPSA) is 30.9 Å². The van der Waals surface area contributed by atoms with Crippen LogP contribution in [0.1, 0.15) is 4.88 Å². The number of nitrogen functional groups attached to an aromatic ring is 1. The van der Waals surface area contributed by atoms with E-state index in [-0.39, 0.29) is 0 Å². The van der Waals surface area contributed by atoms with E-state index < -0.39 is 0 Å². The summed E-state index contributed by atoms with van der Waals surface area (Å²) in [4.78, 5) is 1.32. The lowest BCUT2D eigenvalue weighted by atomic mass is 10.2. The predicted molar refractivity (Wildman–Crippen MR) is 77.5 cm³/mol. The summed E-state index contributed by atoms with van der Waals surface area (Å²) < 4.78 is 3.36. The highest BCUT2D eigenvalue weighted by Gasteiger charge is 2.05. The molecule has 0 radical (unpaired) electrons. The van der Waals surface area contributed by atoms with Gasteiger partial charge in [0, 0.05) is 16.5 Å². The van der Waals surface area contributed by atoms with Gasteiger partial charge in [-0.2, -0.15) is 0 Å². The molecule has 2 aromatic heterocycles. The standard InChI is InChI=1S/C13H11BrN2S/c14-12-5-4-10(17-12)8-16-7-6-9-2-1-3-11(15)13(9)16/h1-7H,8,15H2. The molecule has 3 aromatic rings. The zero-order valence-corrected chi connectivity index (χ0v) is 11.5. The Bertz CT molecular complexity index is 669. The summed E-state index contributed by atoms with van der Waals surface area (Å²) in [6, 6.07) is 12.3. The summed E-state index contributed by atoms with van der Waals surface area (Å²) in [5.41, 5.74) is 7.99. The third kappa shape index (κ3) is 1.98. The molecule has 1 aromatic carbocycles. The van der Waals surface area contributed by atoms with Crippen molar-refractivity contribution in [1.82, 2.24) is 4.57 Å². The number of benzene rings is 1. The van der Waals surface area contributed by atoms with E-state index >= 15 is 0 Å². The van der Waals surface area contributed by atoms with Crippen LogP contribution in [0.2, 0.25) is 0 Å². The van der Waals surface area contributed by atoms with Crippen molar-refractivity contribution in [2.24, 2.45) is 0 Å². The van der Waals surface area contributed by atoms with Crippen LogP contribution in [0.3, 0.4) is 0 Å². The predicted octanol–water partition coefficient (Wildman–Crippen LogP) is 4.10. The number of hydrogen-bond donors (Lipinski definition) is 1. The first-order chi connectivity index (χ1) is 8.24. The number of rotatable bonds is 2. The Labute approximate surface area is 112 Å². The zero-order chi connectivity index (χ0) is 11.8. The fraction of sp³-hybridized carbons (Fsp3) is 0.0769. The molecule has 0 fully saturated rings. The number of para-hydroxylation sites is 1. The highest BCUT2D eigenvalue weighted by molar-refractivity contribution is 9.11. The molecule has 4 heteroatoms. The van der Waals surface area contributed by atoms with Crippen LogP contribution in [0, 0.1) is 0 Å². The second kappa shape index (κ2) is 4.20. The maximum absolute atomic E-state index is 6.03. The van der Waals surface area contributed by atoms with Crippen LogP contribution in [0.5, 0.6) is 0 Å². The summed E-state index contributed by atoms with van der Waals surface area (Å²) >= 11 is 5.24. The summed E-state index contributed by atoms with van der Waals surface area (Å²) in [5, 5.41) is 1.20. The first-order valence-electron chi connectivity index (χ1n) is 5.31. The van der Waals surface area contributed by atoms with Crippen LogP contribution in [0.4, 0.5) is 5.69 Å². The highest BCUT2D eigenvalue weighted by Crippen LogP contribution is 2.26. The molecule has 0 aliphatic rings. The van der Waals surface area contributed by atoms with E-state index in [2.05, 4.69) is 51.0 Å². The average molecular weight is 307 g/mol. The second-order valence-electron chi connectivity index (χ2n) is 3.93. The number of fused-ring (bicyclic) bond motifs is 1. The van der Waals surface area contributed by atoms with Gasteiger partial charge in [-0.05, 0) is 40.2 Å². The Morgan fingerprint density at radius 1 is 1.18 bits per heavy atom. The smallest absolute Gasteiger partial charge is 0.0717 e. The number of nitrogens with zero attached hydrogens (tertiary/aromatic N) is 1. The Hall–Kier alpha value is -1.26. The maximum Gasteiger partial charge on any atom is 0.0717 e. The molecule has 2 nitrogen and oxygen atoms in total. The summed E-state index contributed by atoms with van der Waals surface area (Å²) in [5.74, 6) is 0. The number of anilines is 1. The van der Waals surface area contributed by atoms with Crippen LogP contribution in [-0.2, 0) is 6.54 Å². The molecule has 2 heterocycles. The summed E-state index contributed by atoms with van der Waals surface area (Å²) in [7, 11) is 0. The quantitative estimate of drug-likeness (QED) is 0.710. The van der Waals surface area contributed by atoms with Crippen LogP contribution in [0.25, 0.3) is 10.9 Å². The van der Waals surface area contributed by atoms with E-state index in [0.717, 1.165) is 21.5 Å². The van der Waals surface area contributed by atoms with Gasteiger partial charge in [0.15, 0.2) is 0 Å². The van der Waals surface area contributed by atoms with Crippen molar-refractivity contribution in [2.75, 3.05) is 5.73 Å². The van der Waals surface area contributed by atoms with Crippen LogP contribution < -0.4 is 5.73 Å². The van der Waals surface area contributed by atoms with Gasteiger partial charge >= 0.3 is 0 Å². The van der Waals surface area contributed by atoms with E-state index in [0.29, 0.717) is 0 Å². The van der Waals surface area contributed by atoms with Crippen molar-refractivity contribution in [3.8, 4) is 0 Å². The van der Waals surface area contributed by atoms with Gasteiger partial charge < -0.3 is 10.3 Å². The molecule has 3 rings (SSSR count). The van der Waals surface area contributed by atoms with Gasteiger partial charge in [0.05, 0.1) is 21.5 Å². The van der Waals surface area contributed by atoms with Crippen molar-refractivity contribution in [3.63, 3.8) is 0 Å². The normalized spacial score (nSPS) is 11.1. The van der Waals surface area contributed by atoms with Gasteiger partial charge in [0.25, 0.3) is 0 Å². The molecule has 0 saturated carbocycles. The molecule has 0 aliphatic heterocycles. The fourth-order valence-electron chi connectivity index (χ4n) is 2.03. The molecule has 0 aliphatic carbocycles. The Balaban J connectivity index is 2.06. The summed E-state index contributed by atoms with van der Waals surface area (Å²) in [6.45, 7) is 0.869. The van der Waals surface area contributed by atoms with Crippen molar-refractivity contribution < 1.29 is 0 Å². The lowest BCUT2D eigenvalue weighted by Gasteiger charge is -2.05. The Kier molecular flexibility index (Phi) is 2.68. The third-order valence-corrected chi connectivity index (χ3v) is 4.38. The molecule has 17 heavy (non-hydrogen) atoms. The van der Waals surface area contributed by atoms with E-state index in [1.165, 1.54) is 10.3 Å². The van der Waals surface area contributed by atoms with Crippen LogP contribution in [0.15, 0.2) is 46.4 Å². The number of thiophene rings is 1. The van der Waals surface area contributed by atoms with Crippen LogP contribution in [-0.4, -0.2) is 4.57 Å². The maximum atomic E-state index is 6.03. The molecule has 0 saturated heterocycles.